The van der Waals surface area contributed by atoms with E-state index in [1.807, 2.05) is 106 Å². The number of nitriles is 1. The second kappa shape index (κ2) is 27.6. The summed E-state index contributed by atoms with van der Waals surface area (Å²) in [5.41, 5.74) is 1.32. The van der Waals surface area contributed by atoms with Crippen LogP contribution in [0.3, 0.4) is 0 Å². The third kappa shape index (κ3) is 13.5. The number of rotatable bonds is 26. The second-order valence-electron chi connectivity index (χ2n) is 21.0. The van der Waals surface area contributed by atoms with Gasteiger partial charge in [-0.25, -0.2) is 19.7 Å². The lowest BCUT2D eigenvalue weighted by molar-refractivity contribution is -0.0998. The molecule has 0 saturated carbocycles. The Bertz CT molecular complexity index is 3720. The average molecular weight is 1220 g/mol. The maximum atomic E-state index is 13.7. The highest BCUT2D eigenvalue weighted by Gasteiger charge is 2.53. The van der Waals surface area contributed by atoms with E-state index in [0.717, 1.165) is 16.7 Å². The molecule has 2 aliphatic rings. The minimum Gasteiger partial charge on any atom is -0.497 e. The molecule has 4 aromatic carbocycles. The molecule has 86 heavy (non-hydrogen) atoms. The number of nitrogens with one attached hydrogen (secondary N) is 4. The van der Waals surface area contributed by atoms with Crippen LogP contribution in [0.5, 0.6) is 11.5 Å². The Hall–Kier alpha value is -8.01. The van der Waals surface area contributed by atoms with Crippen LogP contribution in [0.1, 0.15) is 67.7 Å². The number of hydrogen-bond acceptors (Lipinski definition) is 19. The summed E-state index contributed by atoms with van der Waals surface area (Å²) in [5.74, 6) is 1.55. The molecule has 0 bridgehead atoms. The van der Waals surface area contributed by atoms with Crippen molar-refractivity contribution in [2.75, 3.05) is 51.8 Å². The van der Waals surface area contributed by atoms with E-state index in [2.05, 4.69) is 46.6 Å². The number of aryl methyl sites for hydroxylation is 1. The van der Waals surface area contributed by atoms with Crippen molar-refractivity contribution in [2.45, 2.75) is 89.2 Å². The highest BCUT2D eigenvalue weighted by atomic mass is 31.1. The van der Waals surface area contributed by atoms with Gasteiger partial charge < -0.3 is 53.3 Å². The van der Waals surface area contributed by atoms with Crippen molar-refractivity contribution in [1.82, 2.24) is 44.4 Å². The van der Waals surface area contributed by atoms with Gasteiger partial charge >= 0.3 is 14.3 Å². The first kappa shape index (κ1) is 61.1. The molecule has 0 aliphatic carbocycles. The quantitative estimate of drug-likeness (QED) is 0.0253. The summed E-state index contributed by atoms with van der Waals surface area (Å²) < 4.78 is 73.2. The first-order chi connectivity index (χ1) is 41.7. The van der Waals surface area contributed by atoms with Gasteiger partial charge in [-0.1, -0.05) is 106 Å². The molecule has 10 atom stereocenters. The van der Waals surface area contributed by atoms with Gasteiger partial charge in [0.15, 0.2) is 34.7 Å². The predicted molar refractivity (Wildman–Crippen MR) is 316 cm³/mol. The highest BCUT2D eigenvalue weighted by Crippen LogP contribution is 2.47. The Kier molecular flexibility index (Phi) is 19.6. The number of carbonyl (C=O) groups excluding carboxylic acids is 1. The summed E-state index contributed by atoms with van der Waals surface area (Å²) in [5, 5.41) is 15.9. The highest BCUT2D eigenvalue weighted by molar-refractivity contribution is 7.52. The van der Waals surface area contributed by atoms with Crippen LogP contribution in [0, 0.1) is 30.1 Å². The molecular weight excluding hydrogens is 1150 g/mol. The largest absolute Gasteiger partial charge is 0.695 e. The monoisotopic (exact) mass is 1210 g/mol. The molecule has 2 fully saturated rings. The Morgan fingerprint density at radius 1 is 0.814 bits per heavy atom. The maximum absolute atomic E-state index is 13.7. The molecule has 4 unspecified atom stereocenters. The number of fused-ring (bicyclic) bond motifs is 2. The summed E-state index contributed by atoms with van der Waals surface area (Å²) in [7, 11) is -1.84. The van der Waals surface area contributed by atoms with Gasteiger partial charge in [0.05, 0.1) is 66.8 Å². The lowest BCUT2D eigenvalue weighted by Crippen LogP contribution is -2.47. The molecule has 0 spiro atoms. The first-order valence-corrected chi connectivity index (χ1v) is 30.5. The molecule has 0 radical (unpaired) electrons. The van der Waals surface area contributed by atoms with Crippen molar-refractivity contribution in [1.29, 1.82) is 5.26 Å². The number of H-pyrrole nitrogens is 2. The molecule has 1 amide bonds. The molecule has 27 heteroatoms. The Morgan fingerprint density at radius 3 is 2.01 bits per heavy atom. The predicted octanol–water partition coefficient (Wildman–Crippen LogP) is 8.09. The van der Waals surface area contributed by atoms with Gasteiger partial charge in [0.1, 0.15) is 54.0 Å². The van der Waals surface area contributed by atoms with E-state index in [9.17, 15) is 29.1 Å². The van der Waals surface area contributed by atoms with Crippen LogP contribution in [-0.2, 0) is 49.5 Å². The van der Waals surface area contributed by atoms with Crippen LogP contribution in [0.15, 0.2) is 131 Å². The normalized spacial score (nSPS) is 20.9. The minimum atomic E-state index is -3.33. The first-order valence-electron chi connectivity index (χ1n) is 27.8. The van der Waals surface area contributed by atoms with E-state index in [1.54, 1.807) is 50.0 Å². The zero-order chi connectivity index (χ0) is 60.5. The summed E-state index contributed by atoms with van der Waals surface area (Å²) >= 11 is 0. The van der Waals surface area contributed by atoms with Crippen molar-refractivity contribution < 1.29 is 56.5 Å². The van der Waals surface area contributed by atoms with Gasteiger partial charge in [-0.3, -0.25) is 23.7 Å². The summed E-state index contributed by atoms with van der Waals surface area (Å²) in [6, 6.07) is 35.0. The zero-order valence-corrected chi connectivity index (χ0v) is 49.8. The number of carbonyl (C=O) groups is 1. The molecule has 8 aromatic rings. The molecule has 10 rings (SSSR count). The van der Waals surface area contributed by atoms with E-state index < -0.39 is 88.0 Å². The van der Waals surface area contributed by atoms with Gasteiger partial charge in [-0.15, -0.1) is 9.42 Å². The zero-order valence-electron chi connectivity index (χ0n) is 48.0. The van der Waals surface area contributed by atoms with Gasteiger partial charge in [0, 0.05) is 29.6 Å². The van der Waals surface area contributed by atoms with Crippen molar-refractivity contribution in [3.8, 4) is 17.6 Å². The number of anilines is 1. The van der Waals surface area contributed by atoms with Crippen LogP contribution in [0.2, 0.25) is 0 Å². The second-order valence-corrected chi connectivity index (χ2v) is 23.6. The van der Waals surface area contributed by atoms with Gasteiger partial charge in [-0.2, -0.15) is 10.2 Å². The maximum Gasteiger partial charge on any atom is 0.695 e. The summed E-state index contributed by atoms with van der Waals surface area (Å²) in [6.45, 7) is 7.61. The third-order valence-electron chi connectivity index (χ3n) is 14.9. The minimum absolute atomic E-state index is 0.0405. The van der Waals surface area contributed by atoms with Crippen LogP contribution in [-0.4, -0.2) is 127 Å². The van der Waals surface area contributed by atoms with Crippen LogP contribution in [0.4, 0.5) is 10.7 Å². The fourth-order valence-electron chi connectivity index (χ4n) is 10.7. The topological polar surface area (TPSA) is 312 Å². The van der Waals surface area contributed by atoms with E-state index in [-0.39, 0.29) is 67.3 Å². The Labute approximate surface area is 496 Å². The molecular formula is C59H66N11O14P2+. The number of aromatic nitrogens is 8. The summed E-state index contributed by atoms with van der Waals surface area (Å²) in [6.07, 6.45) is -4.05. The molecule has 4 aromatic heterocycles. The third-order valence-corrected chi connectivity index (χ3v) is 16.9. The fraction of sp³-hybridized carbons (Fsp3) is 0.390. The van der Waals surface area contributed by atoms with Gasteiger partial charge in [0.25, 0.3) is 11.1 Å². The van der Waals surface area contributed by atoms with Crippen molar-refractivity contribution >= 4 is 50.8 Å². The lowest BCUT2D eigenvalue weighted by atomic mass is 9.80. The van der Waals surface area contributed by atoms with Crippen LogP contribution in [0.25, 0.3) is 22.3 Å². The molecule has 6 heterocycles. The molecule has 25 nitrogen and oxygen atoms in total. The number of ether oxygens (including phenoxy) is 7. The number of methoxy groups -OCH3 is 2. The molecule has 5 N–H and O–H groups in total. The standard InChI is InChI=1S/C59H65N11O14P2/c1-35(2)28-61-57-67-52-48(54(72)68-57)63-33-70(52)56-46(66-58(73)78-29-38-14-9-7-10-15-38)50(84-86(74)75)45(83-56)31-81-85(27-13-26-60)34-79-49-36(3)55(69-32-62-47-51(69)64-37(4)65-53(47)71)82-44(49)30-80-59(39-16-11-8-12-17-39,40-18-22-42(76-5)23-19-40)41-20-24-43(77-6)25-21-41/h7-12,14-25,32-33,35-36,44-46,49-50,55-56H,13,27-31,34H2,1-6H3,(H4-,61,64,65,66,67,68,71,72,73,74,75)/p+1/t36-,44-,45-,46-,49?,50-,55-,56?,85?/m1/s1. The van der Waals surface area contributed by atoms with E-state index in [1.165, 1.54) is 17.2 Å². The number of nitrogens with zero attached hydrogens (tertiary/aromatic N) is 7. The van der Waals surface area contributed by atoms with E-state index >= 15 is 0 Å². The number of amides is 1. The smallest absolute Gasteiger partial charge is 0.497 e. The van der Waals surface area contributed by atoms with Crippen LogP contribution >= 0.6 is 16.4 Å². The van der Waals surface area contributed by atoms with Crippen molar-refractivity contribution in [2.24, 2.45) is 11.8 Å². The average Bonchev–Trinajstić information content (AvgIpc) is 1.42. The number of benzene rings is 4. The van der Waals surface area contributed by atoms with E-state index in [4.69, 9.17) is 42.2 Å². The molecule has 2 aliphatic heterocycles. The molecule has 2 saturated heterocycles. The Balaban J connectivity index is 0.966. The van der Waals surface area contributed by atoms with Crippen molar-refractivity contribution in [3.05, 3.63) is 171 Å². The summed E-state index contributed by atoms with van der Waals surface area (Å²) in [4.78, 5) is 74.2. The van der Waals surface area contributed by atoms with E-state index in [0.29, 0.717) is 35.1 Å². The number of alkyl carbamates (subject to hydrolysis) is 1. The van der Waals surface area contributed by atoms with Gasteiger partial charge in [-0.05, 0) is 59.4 Å². The molecule has 450 valence electrons. The number of aromatic amines is 2. The SMILES string of the molecule is COc1ccc(C(OC[C@H]2O[C@@H](n3cnc4c(=O)[nH]c(C)nc43)[C@H](C)C2OCP(CCC#N)OC[C@H]2OC(n3cnc4c(=O)[nH]c(NCC(C)C)nc43)[C@H](NC(=O)OCc3ccccc3)[C@@H]2O[P+](=O)O)(c2ccccc2)c2ccc(OC)cc2)cc1. The van der Waals surface area contributed by atoms with Gasteiger partial charge in [0.2, 0.25) is 5.95 Å². The Morgan fingerprint density at radius 2 is 1.40 bits per heavy atom. The van der Waals surface area contributed by atoms with Crippen molar-refractivity contribution in [3.63, 3.8) is 0 Å². The number of hydrogen-bond donors (Lipinski definition) is 5. The number of imidazole rings is 2. The van der Waals surface area contributed by atoms with Crippen LogP contribution < -0.4 is 31.2 Å². The fourth-order valence-corrected chi connectivity index (χ4v) is 12.5. The lowest BCUT2D eigenvalue weighted by Gasteiger charge is -2.37.